The van der Waals surface area contributed by atoms with Crippen LogP contribution in [0.25, 0.3) is 11.3 Å². The number of aromatic nitrogens is 2. The summed E-state index contributed by atoms with van der Waals surface area (Å²) in [5.41, 5.74) is 2.03. The van der Waals surface area contributed by atoms with E-state index < -0.39 is 0 Å². The third-order valence-electron chi connectivity index (χ3n) is 4.76. The van der Waals surface area contributed by atoms with Crippen LogP contribution in [0.4, 0.5) is 0 Å². The Morgan fingerprint density at radius 1 is 1.15 bits per heavy atom. The highest BCUT2D eigenvalue weighted by Crippen LogP contribution is 2.34. The molecule has 1 amide bonds. The average molecular weight is 351 g/mol. The van der Waals surface area contributed by atoms with Crippen molar-refractivity contribution in [3.8, 4) is 11.3 Å². The summed E-state index contributed by atoms with van der Waals surface area (Å²) in [5, 5.41) is 8.17. The number of hydrogen-bond donors (Lipinski definition) is 0. The normalized spacial score (nSPS) is 17.2. The number of amides is 1. The minimum atomic E-state index is -0.132. The van der Waals surface area contributed by atoms with E-state index >= 15 is 0 Å². The van der Waals surface area contributed by atoms with Crippen molar-refractivity contribution in [3.63, 3.8) is 0 Å². The van der Waals surface area contributed by atoms with E-state index in [9.17, 15) is 4.79 Å². The Morgan fingerprint density at radius 3 is 2.69 bits per heavy atom. The molecule has 134 valence electrons. The molecular weight excluding hydrogens is 330 g/mol. The van der Waals surface area contributed by atoms with Gasteiger partial charge in [-0.2, -0.15) is 0 Å². The summed E-state index contributed by atoms with van der Waals surface area (Å²) in [4.78, 5) is 14.8. The van der Waals surface area contributed by atoms with E-state index in [1.54, 1.807) is 6.07 Å². The Bertz CT molecular complexity index is 898. The summed E-state index contributed by atoms with van der Waals surface area (Å²) in [6.07, 6.45) is 1.81. The molecule has 1 aromatic carbocycles. The fourth-order valence-corrected chi connectivity index (χ4v) is 3.31. The Kier molecular flexibility index (Phi) is 4.32. The summed E-state index contributed by atoms with van der Waals surface area (Å²) in [6.45, 7) is 4.80. The molecule has 0 spiro atoms. The summed E-state index contributed by atoms with van der Waals surface area (Å²) in [7, 11) is 0. The Morgan fingerprint density at radius 2 is 1.96 bits per heavy atom. The highest BCUT2D eigenvalue weighted by molar-refractivity contribution is 5.93. The van der Waals surface area contributed by atoms with Crippen LogP contribution in [0.1, 0.15) is 60.6 Å². The second-order valence-electron chi connectivity index (χ2n) is 6.91. The fourth-order valence-electron chi connectivity index (χ4n) is 3.31. The Hall–Kier alpha value is -2.89. The lowest BCUT2D eigenvalue weighted by molar-refractivity contribution is 0.0720. The summed E-state index contributed by atoms with van der Waals surface area (Å²) in [6, 6.07) is 13.2. The molecule has 0 N–H and O–H groups in total. The third kappa shape index (κ3) is 3.03. The maximum absolute atomic E-state index is 13.0. The molecule has 0 saturated carbocycles. The summed E-state index contributed by atoms with van der Waals surface area (Å²) >= 11 is 0. The van der Waals surface area contributed by atoms with E-state index in [2.05, 4.69) is 24.2 Å². The zero-order valence-electron chi connectivity index (χ0n) is 14.9. The minimum absolute atomic E-state index is 0.0735. The monoisotopic (exact) mass is 351 g/mol. The van der Waals surface area contributed by atoms with E-state index in [0.717, 1.165) is 29.9 Å². The predicted molar refractivity (Wildman–Crippen MR) is 95.5 cm³/mol. The molecule has 6 nitrogen and oxygen atoms in total. The highest BCUT2D eigenvalue weighted by Gasteiger charge is 2.34. The average Bonchev–Trinajstić information content (AvgIpc) is 3.41. The zero-order chi connectivity index (χ0) is 18.1. The summed E-state index contributed by atoms with van der Waals surface area (Å²) in [5.74, 6) is 1.57. The van der Waals surface area contributed by atoms with Gasteiger partial charge >= 0.3 is 0 Å². The molecule has 1 aliphatic heterocycles. The van der Waals surface area contributed by atoms with Gasteiger partial charge < -0.3 is 13.9 Å². The first-order valence-corrected chi connectivity index (χ1v) is 8.93. The van der Waals surface area contributed by atoms with Gasteiger partial charge in [0.1, 0.15) is 11.5 Å². The van der Waals surface area contributed by atoms with Crippen LogP contribution in [0.15, 0.2) is 51.5 Å². The molecule has 1 atom stereocenters. The minimum Gasteiger partial charge on any atom is -0.361 e. The number of benzene rings is 1. The van der Waals surface area contributed by atoms with Crippen LogP contribution in [0, 0.1) is 0 Å². The Balaban J connectivity index is 1.56. The van der Waals surface area contributed by atoms with Crippen molar-refractivity contribution < 1.29 is 13.8 Å². The van der Waals surface area contributed by atoms with Crippen molar-refractivity contribution >= 4 is 5.91 Å². The maximum atomic E-state index is 13.0. The second-order valence-corrected chi connectivity index (χ2v) is 6.91. The van der Waals surface area contributed by atoms with Crippen LogP contribution in [0.3, 0.4) is 0 Å². The van der Waals surface area contributed by atoms with Gasteiger partial charge in [-0.25, -0.2) is 0 Å². The molecule has 26 heavy (non-hydrogen) atoms. The van der Waals surface area contributed by atoms with E-state index in [1.807, 2.05) is 41.3 Å². The number of nitrogens with zero attached hydrogens (tertiary/aromatic N) is 3. The van der Waals surface area contributed by atoms with Gasteiger partial charge in [0.15, 0.2) is 11.5 Å². The number of carbonyl (C=O) groups excluding carboxylic acids is 1. The first-order chi connectivity index (χ1) is 12.6. The fraction of sp³-hybridized carbons (Fsp3) is 0.350. The molecular formula is C20H21N3O3. The summed E-state index contributed by atoms with van der Waals surface area (Å²) < 4.78 is 10.8. The van der Waals surface area contributed by atoms with E-state index in [4.69, 9.17) is 9.05 Å². The lowest BCUT2D eigenvalue weighted by Gasteiger charge is -2.21. The van der Waals surface area contributed by atoms with Gasteiger partial charge in [0.2, 0.25) is 0 Å². The lowest BCUT2D eigenvalue weighted by Crippen LogP contribution is -2.30. The number of hydrogen-bond acceptors (Lipinski definition) is 5. The predicted octanol–water partition coefficient (Wildman–Crippen LogP) is 4.43. The van der Waals surface area contributed by atoms with E-state index in [0.29, 0.717) is 18.0 Å². The van der Waals surface area contributed by atoms with Crippen molar-refractivity contribution in [1.82, 2.24) is 15.2 Å². The molecule has 0 bridgehead atoms. The quantitative estimate of drug-likeness (QED) is 0.695. The molecule has 0 unspecified atom stereocenters. The third-order valence-corrected chi connectivity index (χ3v) is 4.76. The standard InChI is InChI=1S/C20H21N3O3/c1-13(2)18-11-15(21-25-18)17-9-6-10-23(17)20(24)16-12-19(26-22-16)14-7-4-3-5-8-14/h3-5,7-8,11-13,17H,6,9-10H2,1-2H3/t17-/m0/s1. The molecule has 1 aliphatic rings. The number of rotatable bonds is 4. The van der Waals surface area contributed by atoms with Crippen LogP contribution in [-0.2, 0) is 0 Å². The van der Waals surface area contributed by atoms with Crippen molar-refractivity contribution in [2.75, 3.05) is 6.54 Å². The van der Waals surface area contributed by atoms with Gasteiger partial charge in [-0.1, -0.05) is 54.5 Å². The first kappa shape index (κ1) is 16.6. The van der Waals surface area contributed by atoms with Gasteiger partial charge in [-0.05, 0) is 12.8 Å². The van der Waals surface area contributed by atoms with Gasteiger partial charge in [0.25, 0.3) is 5.91 Å². The molecule has 3 aromatic rings. The van der Waals surface area contributed by atoms with Gasteiger partial charge in [0.05, 0.1) is 6.04 Å². The molecule has 2 aromatic heterocycles. The molecule has 1 fully saturated rings. The van der Waals surface area contributed by atoms with Crippen LogP contribution in [0.2, 0.25) is 0 Å². The van der Waals surface area contributed by atoms with Gasteiger partial charge in [0, 0.05) is 30.2 Å². The molecule has 0 aliphatic carbocycles. The van der Waals surface area contributed by atoms with Crippen LogP contribution < -0.4 is 0 Å². The van der Waals surface area contributed by atoms with Gasteiger partial charge in [-0.3, -0.25) is 4.79 Å². The lowest BCUT2D eigenvalue weighted by atomic mass is 10.1. The van der Waals surface area contributed by atoms with E-state index in [-0.39, 0.29) is 17.9 Å². The van der Waals surface area contributed by atoms with Crippen LogP contribution >= 0.6 is 0 Å². The highest BCUT2D eigenvalue weighted by atomic mass is 16.5. The van der Waals surface area contributed by atoms with E-state index in [1.165, 1.54) is 0 Å². The number of likely N-dealkylation sites (tertiary alicyclic amines) is 1. The topological polar surface area (TPSA) is 72.4 Å². The maximum Gasteiger partial charge on any atom is 0.276 e. The van der Waals surface area contributed by atoms with Crippen molar-refractivity contribution in [2.24, 2.45) is 0 Å². The molecule has 0 radical (unpaired) electrons. The zero-order valence-corrected chi connectivity index (χ0v) is 14.9. The van der Waals surface area contributed by atoms with Crippen molar-refractivity contribution in [3.05, 3.63) is 59.6 Å². The van der Waals surface area contributed by atoms with Crippen molar-refractivity contribution in [1.29, 1.82) is 0 Å². The number of carbonyl (C=O) groups is 1. The molecule has 3 heterocycles. The SMILES string of the molecule is CC(C)c1cc([C@@H]2CCCN2C(=O)c2cc(-c3ccccc3)on2)no1. The smallest absolute Gasteiger partial charge is 0.276 e. The van der Waals surface area contributed by atoms with Crippen LogP contribution in [-0.4, -0.2) is 27.7 Å². The second kappa shape index (κ2) is 6.78. The Labute approximate surface area is 151 Å². The first-order valence-electron chi connectivity index (χ1n) is 8.93. The van der Waals surface area contributed by atoms with Crippen LogP contribution in [0.5, 0.6) is 0 Å². The molecule has 4 rings (SSSR count). The largest absolute Gasteiger partial charge is 0.361 e. The van der Waals surface area contributed by atoms with Crippen molar-refractivity contribution in [2.45, 2.75) is 38.6 Å². The molecule has 6 heteroatoms. The molecule has 1 saturated heterocycles. The van der Waals surface area contributed by atoms with Gasteiger partial charge in [-0.15, -0.1) is 0 Å².